The Labute approximate surface area is 125 Å². The SMILES string of the molecule is CCCOCCCNCc1cc(/C(N)=N/O)ccc1OC. The minimum absolute atomic E-state index is 0.0897. The van der Waals surface area contributed by atoms with Crippen molar-refractivity contribution in [3.63, 3.8) is 0 Å². The van der Waals surface area contributed by atoms with E-state index >= 15 is 0 Å². The number of nitrogens with two attached hydrogens (primary N) is 1. The summed E-state index contributed by atoms with van der Waals surface area (Å²) in [6.45, 7) is 5.20. The Balaban J connectivity index is 2.49. The Kier molecular flexibility index (Phi) is 8.23. The zero-order valence-corrected chi connectivity index (χ0v) is 12.8. The monoisotopic (exact) mass is 295 g/mol. The normalized spacial score (nSPS) is 11.6. The summed E-state index contributed by atoms with van der Waals surface area (Å²) < 4.78 is 10.7. The molecule has 0 aliphatic rings. The zero-order chi connectivity index (χ0) is 15.5. The first-order chi connectivity index (χ1) is 10.2. The van der Waals surface area contributed by atoms with Crippen LogP contribution in [0.2, 0.25) is 0 Å². The van der Waals surface area contributed by atoms with Crippen LogP contribution in [0, 0.1) is 0 Å². The van der Waals surface area contributed by atoms with Crippen LogP contribution in [0.3, 0.4) is 0 Å². The summed E-state index contributed by atoms with van der Waals surface area (Å²) in [7, 11) is 1.63. The molecular formula is C15H25N3O3. The van der Waals surface area contributed by atoms with Crippen LogP contribution in [-0.4, -0.2) is 37.9 Å². The standard InChI is InChI=1S/C15H25N3O3/c1-3-8-21-9-4-7-17-11-13-10-12(15(16)18-19)5-6-14(13)20-2/h5-6,10,17,19H,3-4,7-9,11H2,1-2H3,(H2,16,18). The number of benzene rings is 1. The van der Waals surface area contributed by atoms with Gasteiger partial charge in [-0.05, 0) is 37.6 Å². The minimum Gasteiger partial charge on any atom is -0.496 e. The summed E-state index contributed by atoms with van der Waals surface area (Å²) in [6.07, 6.45) is 2.01. The Bertz CT molecular complexity index is 450. The van der Waals surface area contributed by atoms with Gasteiger partial charge in [-0.2, -0.15) is 0 Å². The topological polar surface area (TPSA) is 89.1 Å². The third-order valence-electron chi connectivity index (χ3n) is 2.99. The van der Waals surface area contributed by atoms with E-state index in [4.69, 9.17) is 20.4 Å². The van der Waals surface area contributed by atoms with Crippen molar-refractivity contribution in [1.82, 2.24) is 5.32 Å². The predicted molar refractivity (Wildman–Crippen MR) is 82.9 cm³/mol. The fourth-order valence-corrected chi connectivity index (χ4v) is 1.90. The van der Waals surface area contributed by atoms with Gasteiger partial charge in [0.25, 0.3) is 0 Å². The van der Waals surface area contributed by atoms with Gasteiger partial charge >= 0.3 is 0 Å². The molecule has 0 saturated heterocycles. The van der Waals surface area contributed by atoms with Gasteiger partial charge in [0.1, 0.15) is 5.75 Å². The number of rotatable bonds is 10. The van der Waals surface area contributed by atoms with E-state index in [1.54, 1.807) is 13.2 Å². The molecule has 0 aromatic heterocycles. The van der Waals surface area contributed by atoms with Gasteiger partial charge in [0, 0.05) is 30.9 Å². The van der Waals surface area contributed by atoms with Crippen molar-refractivity contribution >= 4 is 5.84 Å². The molecule has 0 amide bonds. The second kappa shape index (κ2) is 10.0. The maximum Gasteiger partial charge on any atom is 0.170 e. The van der Waals surface area contributed by atoms with E-state index in [2.05, 4.69) is 17.4 Å². The van der Waals surface area contributed by atoms with E-state index in [0.29, 0.717) is 12.1 Å². The summed E-state index contributed by atoms with van der Waals surface area (Å²) in [5, 5.41) is 15.1. The van der Waals surface area contributed by atoms with Crippen LogP contribution >= 0.6 is 0 Å². The second-order valence-corrected chi connectivity index (χ2v) is 4.65. The molecule has 4 N–H and O–H groups in total. The number of ether oxygens (including phenoxy) is 2. The molecule has 0 heterocycles. The number of amidine groups is 1. The number of hydrogen-bond acceptors (Lipinski definition) is 5. The van der Waals surface area contributed by atoms with Crippen molar-refractivity contribution in [1.29, 1.82) is 0 Å². The van der Waals surface area contributed by atoms with E-state index < -0.39 is 0 Å². The number of nitrogens with one attached hydrogen (secondary N) is 1. The molecule has 0 unspecified atom stereocenters. The van der Waals surface area contributed by atoms with Gasteiger partial charge in [-0.25, -0.2) is 0 Å². The van der Waals surface area contributed by atoms with Crippen molar-refractivity contribution in [2.24, 2.45) is 10.9 Å². The van der Waals surface area contributed by atoms with Crippen LogP contribution in [0.1, 0.15) is 30.9 Å². The minimum atomic E-state index is 0.0897. The molecule has 21 heavy (non-hydrogen) atoms. The third-order valence-corrected chi connectivity index (χ3v) is 2.99. The first kappa shape index (κ1) is 17.3. The third kappa shape index (κ3) is 6.01. The largest absolute Gasteiger partial charge is 0.496 e. The molecule has 6 heteroatoms. The van der Waals surface area contributed by atoms with E-state index in [9.17, 15) is 0 Å². The van der Waals surface area contributed by atoms with Crippen LogP contribution in [0.25, 0.3) is 0 Å². The first-order valence-electron chi connectivity index (χ1n) is 7.16. The summed E-state index contributed by atoms with van der Waals surface area (Å²) >= 11 is 0. The molecule has 1 aromatic carbocycles. The summed E-state index contributed by atoms with van der Waals surface area (Å²) in [5.41, 5.74) is 7.24. The van der Waals surface area contributed by atoms with E-state index in [0.717, 1.165) is 43.9 Å². The maximum atomic E-state index is 8.72. The fourth-order valence-electron chi connectivity index (χ4n) is 1.90. The lowest BCUT2D eigenvalue weighted by Crippen LogP contribution is -2.18. The first-order valence-corrected chi connectivity index (χ1v) is 7.16. The van der Waals surface area contributed by atoms with Crippen molar-refractivity contribution in [3.05, 3.63) is 29.3 Å². The highest BCUT2D eigenvalue weighted by Crippen LogP contribution is 2.19. The molecular weight excluding hydrogens is 270 g/mol. The molecule has 0 aliphatic heterocycles. The van der Waals surface area contributed by atoms with Crippen molar-refractivity contribution in [2.45, 2.75) is 26.3 Å². The molecule has 0 fully saturated rings. The Morgan fingerprint density at radius 3 is 2.86 bits per heavy atom. The summed E-state index contributed by atoms with van der Waals surface area (Å²) in [6, 6.07) is 5.43. The van der Waals surface area contributed by atoms with Crippen molar-refractivity contribution in [3.8, 4) is 5.75 Å². The van der Waals surface area contributed by atoms with Crippen LogP contribution < -0.4 is 15.8 Å². The molecule has 6 nitrogen and oxygen atoms in total. The fraction of sp³-hybridized carbons (Fsp3) is 0.533. The van der Waals surface area contributed by atoms with E-state index in [-0.39, 0.29) is 5.84 Å². The molecule has 0 bridgehead atoms. The Morgan fingerprint density at radius 2 is 2.19 bits per heavy atom. The smallest absolute Gasteiger partial charge is 0.170 e. The highest BCUT2D eigenvalue weighted by Gasteiger charge is 2.07. The predicted octanol–water partition coefficient (Wildman–Crippen LogP) is 1.70. The highest BCUT2D eigenvalue weighted by molar-refractivity contribution is 5.97. The Morgan fingerprint density at radius 1 is 1.38 bits per heavy atom. The molecule has 0 atom stereocenters. The average Bonchev–Trinajstić information content (AvgIpc) is 2.53. The average molecular weight is 295 g/mol. The van der Waals surface area contributed by atoms with E-state index in [1.807, 2.05) is 12.1 Å². The number of methoxy groups -OCH3 is 1. The van der Waals surface area contributed by atoms with Crippen LogP contribution in [-0.2, 0) is 11.3 Å². The van der Waals surface area contributed by atoms with Crippen LogP contribution in [0.4, 0.5) is 0 Å². The number of hydrogen-bond donors (Lipinski definition) is 3. The molecule has 0 saturated carbocycles. The second-order valence-electron chi connectivity index (χ2n) is 4.65. The number of oxime groups is 1. The van der Waals surface area contributed by atoms with Gasteiger partial charge in [0.2, 0.25) is 0 Å². The molecule has 118 valence electrons. The van der Waals surface area contributed by atoms with Gasteiger partial charge < -0.3 is 25.7 Å². The molecule has 0 radical (unpaired) electrons. The lowest BCUT2D eigenvalue weighted by atomic mass is 10.1. The van der Waals surface area contributed by atoms with Crippen LogP contribution in [0.5, 0.6) is 5.75 Å². The highest BCUT2D eigenvalue weighted by atomic mass is 16.5. The van der Waals surface area contributed by atoms with Gasteiger partial charge in [-0.15, -0.1) is 0 Å². The zero-order valence-electron chi connectivity index (χ0n) is 12.8. The molecule has 1 rings (SSSR count). The lowest BCUT2D eigenvalue weighted by Gasteiger charge is -2.11. The summed E-state index contributed by atoms with van der Waals surface area (Å²) in [4.78, 5) is 0. The van der Waals surface area contributed by atoms with Gasteiger partial charge in [0.05, 0.1) is 7.11 Å². The molecule has 0 aliphatic carbocycles. The summed E-state index contributed by atoms with van der Waals surface area (Å²) in [5.74, 6) is 0.867. The lowest BCUT2D eigenvalue weighted by molar-refractivity contribution is 0.132. The van der Waals surface area contributed by atoms with Gasteiger partial charge in [-0.1, -0.05) is 12.1 Å². The maximum absolute atomic E-state index is 8.72. The Hall–Kier alpha value is -1.79. The van der Waals surface area contributed by atoms with Crippen LogP contribution in [0.15, 0.2) is 23.4 Å². The quantitative estimate of drug-likeness (QED) is 0.201. The van der Waals surface area contributed by atoms with Crippen molar-refractivity contribution < 1.29 is 14.7 Å². The molecule has 0 spiro atoms. The van der Waals surface area contributed by atoms with E-state index in [1.165, 1.54) is 0 Å². The van der Waals surface area contributed by atoms with Crippen molar-refractivity contribution in [2.75, 3.05) is 26.9 Å². The number of nitrogens with zero attached hydrogens (tertiary/aromatic N) is 1. The molecule has 1 aromatic rings. The van der Waals surface area contributed by atoms with Gasteiger partial charge in [-0.3, -0.25) is 0 Å². The van der Waals surface area contributed by atoms with Gasteiger partial charge in [0.15, 0.2) is 5.84 Å².